The lowest BCUT2D eigenvalue weighted by molar-refractivity contribution is 0.0244. The van der Waals surface area contributed by atoms with Gasteiger partial charge in [0.25, 0.3) is 0 Å². The molecular weight excluding hydrogens is 458 g/mol. The maximum absolute atomic E-state index is 13.5. The molecule has 0 N–H and O–H groups in total. The Morgan fingerprint density at radius 2 is 1.97 bits per heavy atom. The second-order valence-corrected chi connectivity index (χ2v) is 10.9. The van der Waals surface area contributed by atoms with Crippen LogP contribution in [0.3, 0.4) is 0 Å². The summed E-state index contributed by atoms with van der Waals surface area (Å²) in [5, 5.41) is 1.65. The molecule has 0 bridgehead atoms. The molecule has 0 radical (unpaired) electrons. The number of halogens is 1. The van der Waals surface area contributed by atoms with Crippen molar-refractivity contribution >= 4 is 42.8 Å². The number of amides is 1. The number of rotatable bonds is 2. The number of nitrogens with zero attached hydrogens (tertiary/aromatic N) is 3. The lowest BCUT2D eigenvalue weighted by Crippen LogP contribution is -2.45. The molecule has 2 heterocycles. The summed E-state index contributed by atoms with van der Waals surface area (Å²) in [6.45, 7) is 8.34. The van der Waals surface area contributed by atoms with Gasteiger partial charge in [-0.1, -0.05) is 6.07 Å². The van der Waals surface area contributed by atoms with Crippen molar-refractivity contribution in [2.24, 2.45) is 0 Å². The predicted molar refractivity (Wildman–Crippen MR) is 115 cm³/mol. The zero-order chi connectivity index (χ0) is 21.4. The van der Waals surface area contributed by atoms with Crippen LogP contribution >= 0.6 is 15.9 Å². The van der Waals surface area contributed by atoms with Crippen molar-refractivity contribution < 1.29 is 17.9 Å². The number of carbonyl (C=O) groups excluding carboxylic acids is 1. The van der Waals surface area contributed by atoms with Crippen LogP contribution in [0, 0.1) is 0 Å². The van der Waals surface area contributed by atoms with Crippen LogP contribution in [-0.2, 0) is 14.8 Å². The van der Waals surface area contributed by atoms with Crippen LogP contribution < -0.4 is 0 Å². The summed E-state index contributed by atoms with van der Waals surface area (Å²) < 4.78 is 34.4. The van der Waals surface area contributed by atoms with Gasteiger partial charge in [0.15, 0.2) is 0 Å². The third kappa shape index (κ3) is 4.73. The fourth-order valence-corrected chi connectivity index (χ4v) is 6.27. The van der Waals surface area contributed by atoms with Crippen LogP contribution in [0.2, 0.25) is 0 Å². The summed E-state index contributed by atoms with van der Waals surface area (Å²) in [6.07, 6.45) is 3.46. The molecule has 1 aliphatic rings. The van der Waals surface area contributed by atoms with Crippen LogP contribution in [0.4, 0.5) is 4.79 Å². The second-order valence-electron chi connectivity index (χ2n) is 8.22. The number of ether oxygens (including phenoxy) is 1. The van der Waals surface area contributed by atoms with E-state index in [0.717, 1.165) is 10.8 Å². The van der Waals surface area contributed by atoms with E-state index >= 15 is 0 Å². The molecule has 2 aromatic rings. The number of aromatic nitrogens is 1. The normalized spacial score (nSPS) is 19.2. The number of carbonyl (C=O) groups is 1. The van der Waals surface area contributed by atoms with E-state index in [0.29, 0.717) is 24.0 Å². The van der Waals surface area contributed by atoms with Crippen molar-refractivity contribution in [3.8, 4) is 0 Å². The smallest absolute Gasteiger partial charge is 0.410 e. The molecule has 9 heteroatoms. The summed E-state index contributed by atoms with van der Waals surface area (Å²) in [6, 6.07) is 4.77. The van der Waals surface area contributed by atoms with E-state index in [1.807, 2.05) is 27.7 Å². The van der Waals surface area contributed by atoms with Gasteiger partial charge in [0.05, 0.1) is 4.90 Å². The Kier molecular flexibility index (Phi) is 6.21. The predicted octanol–water partition coefficient (Wildman–Crippen LogP) is 4.02. The van der Waals surface area contributed by atoms with E-state index in [1.54, 1.807) is 35.5 Å². The van der Waals surface area contributed by atoms with Gasteiger partial charge in [0.1, 0.15) is 5.60 Å². The van der Waals surface area contributed by atoms with E-state index in [4.69, 9.17) is 4.74 Å². The van der Waals surface area contributed by atoms with Gasteiger partial charge in [-0.15, -0.1) is 0 Å². The molecule has 1 aromatic carbocycles. The van der Waals surface area contributed by atoms with Gasteiger partial charge in [-0.25, -0.2) is 13.2 Å². The Hall–Kier alpha value is -1.71. The van der Waals surface area contributed by atoms with E-state index in [9.17, 15) is 13.2 Å². The van der Waals surface area contributed by atoms with Gasteiger partial charge in [0, 0.05) is 53.3 Å². The van der Waals surface area contributed by atoms with Crippen LogP contribution in [-0.4, -0.2) is 60.0 Å². The minimum atomic E-state index is -3.75. The Labute approximate surface area is 180 Å². The van der Waals surface area contributed by atoms with Crippen LogP contribution in [0.25, 0.3) is 10.8 Å². The number of pyridine rings is 1. The first-order chi connectivity index (χ1) is 13.5. The number of sulfonamides is 1. The number of hydrogen-bond donors (Lipinski definition) is 0. The summed E-state index contributed by atoms with van der Waals surface area (Å²) in [4.78, 5) is 18.3. The highest BCUT2D eigenvalue weighted by Crippen LogP contribution is 2.33. The molecular formula is C20H26BrN3O4S. The molecule has 1 atom stereocenters. The largest absolute Gasteiger partial charge is 0.444 e. The first-order valence-corrected chi connectivity index (χ1v) is 11.8. The fraction of sp³-hybridized carbons (Fsp3) is 0.500. The van der Waals surface area contributed by atoms with E-state index in [2.05, 4.69) is 20.9 Å². The van der Waals surface area contributed by atoms with Crippen molar-refractivity contribution in [3.63, 3.8) is 0 Å². The van der Waals surface area contributed by atoms with Crippen molar-refractivity contribution in [3.05, 3.63) is 35.1 Å². The Balaban J connectivity index is 1.88. The molecule has 1 aliphatic heterocycles. The van der Waals surface area contributed by atoms with Crippen molar-refractivity contribution in [2.45, 2.75) is 50.7 Å². The highest BCUT2D eigenvalue weighted by molar-refractivity contribution is 9.10. The SMILES string of the molecule is CC1CN(C(=O)OC(C)(C)C)CCCN1S(=O)(=O)c1ccc2cnccc2c1Br. The highest BCUT2D eigenvalue weighted by Gasteiger charge is 2.35. The third-order valence-electron chi connectivity index (χ3n) is 4.74. The minimum Gasteiger partial charge on any atom is -0.444 e. The minimum absolute atomic E-state index is 0.216. The van der Waals surface area contributed by atoms with Crippen molar-refractivity contribution in [2.75, 3.05) is 19.6 Å². The Morgan fingerprint density at radius 1 is 1.24 bits per heavy atom. The molecule has 3 rings (SSSR count). The summed E-state index contributed by atoms with van der Waals surface area (Å²) in [5.41, 5.74) is -0.594. The van der Waals surface area contributed by atoms with Crippen molar-refractivity contribution in [1.29, 1.82) is 0 Å². The quantitative estimate of drug-likeness (QED) is 0.644. The highest BCUT2D eigenvalue weighted by atomic mass is 79.9. The number of fused-ring (bicyclic) bond motifs is 1. The number of hydrogen-bond acceptors (Lipinski definition) is 5. The van der Waals surface area contributed by atoms with Crippen molar-refractivity contribution in [1.82, 2.24) is 14.2 Å². The molecule has 29 heavy (non-hydrogen) atoms. The summed E-state index contributed by atoms with van der Waals surface area (Å²) in [5.74, 6) is 0. The Bertz CT molecular complexity index is 1020. The standard InChI is InChI=1S/C20H26BrN3O4S/c1-14-13-23(19(25)28-20(2,3)4)10-5-11-24(14)29(26,27)17-7-6-15-12-22-9-8-16(15)18(17)21/h6-9,12,14H,5,10-11,13H2,1-4H3. The number of benzene rings is 1. The topological polar surface area (TPSA) is 79.8 Å². The molecule has 1 amide bonds. The average molecular weight is 484 g/mol. The van der Waals surface area contributed by atoms with Gasteiger partial charge < -0.3 is 9.64 Å². The molecule has 1 unspecified atom stereocenters. The van der Waals surface area contributed by atoms with E-state index < -0.39 is 21.7 Å². The summed E-state index contributed by atoms with van der Waals surface area (Å²) in [7, 11) is -3.75. The molecule has 1 fully saturated rings. The molecule has 0 saturated carbocycles. The molecule has 158 valence electrons. The maximum atomic E-state index is 13.5. The lowest BCUT2D eigenvalue weighted by atomic mass is 10.2. The molecule has 1 saturated heterocycles. The second kappa shape index (κ2) is 8.20. The van der Waals surface area contributed by atoms with Crippen LogP contribution in [0.15, 0.2) is 40.0 Å². The van der Waals surface area contributed by atoms with Gasteiger partial charge in [-0.2, -0.15) is 4.31 Å². The maximum Gasteiger partial charge on any atom is 0.410 e. The Morgan fingerprint density at radius 3 is 2.66 bits per heavy atom. The van der Waals surface area contributed by atoms with E-state index in [-0.39, 0.29) is 17.5 Å². The third-order valence-corrected chi connectivity index (χ3v) is 7.91. The van der Waals surface area contributed by atoms with Gasteiger partial charge in [-0.3, -0.25) is 4.98 Å². The fourth-order valence-electron chi connectivity index (χ4n) is 3.42. The van der Waals surface area contributed by atoms with Gasteiger partial charge in [-0.05, 0) is 62.2 Å². The zero-order valence-electron chi connectivity index (χ0n) is 17.1. The molecule has 7 nitrogen and oxygen atoms in total. The lowest BCUT2D eigenvalue weighted by Gasteiger charge is -2.30. The van der Waals surface area contributed by atoms with Gasteiger partial charge >= 0.3 is 6.09 Å². The summed E-state index contributed by atoms with van der Waals surface area (Å²) >= 11 is 3.47. The van der Waals surface area contributed by atoms with Crippen LogP contribution in [0.5, 0.6) is 0 Å². The zero-order valence-corrected chi connectivity index (χ0v) is 19.5. The van der Waals surface area contributed by atoms with E-state index in [1.165, 1.54) is 4.31 Å². The first kappa shape index (κ1) is 22.0. The van der Waals surface area contributed by atoms with Gasteiger partial charge in [0.2, 0.25) is 10.0 Å². The molecule has 1 aromatic heterocycles. The first-order valence-electron chi connectivity index (χ1n) is 9.53. The monoisotopic (exact) mass is 483 g/mol. The molecule has 0 aliphatic carbocycles. The molecule has 0 spiro atoms. The van der Waals surface area contributed by atoms with Crippen LogP contribution in [0.1, 0.15) is 34.1 Å². The average Bonchev–Trinajstić information content (AvgIpc) is 2.82.